The average Bonchev–Trinajstić information content (AvgIpc) is 3.01. The Morgan fingerprint density at radius 3 is 2.59 bits per heavy atom. The van der Waals surface area contributed by atoms with E-state index in [9.17, 15) is 9.90 Å². The van der Waals surface area contributed by atoms with E-state index in [0.29, 0.717) is 17.0 Å². The SMILES string of the molecule is COc1cccc(-c2c(C(=O)O)nnn2-c2ccccc2)c1. The van der Waals surface area contributed by atoms with Gasteiger partial charge in [-0.15, -0.1) is 5.10 Å². The van der Waals surface area contributed by atoms with Crippen LogP contribution < -0.4 is 4.74 Å². The smallest absolute Gasteiger partial charge is 0.358 e. The predicted molar refractivity (Wildman–Crippen MR) is 80.3 cm³/mol. The van der Waals surface area contributed by atoms with E-state index >= 15 is 0 Å². The van der Waals surface area contributed by atoms with Crippen LogP contribution in [0.1, 0.15) is 10.5 Å². The Morgan fingerprint density at radius 2 is 1.91 bits per heavy atom. The van der Waals surface area contributed by atoms with Crippen LogP contribution in [0, 0.1) is 0 Å². The molecule has 3 aromatic rings. The van der Waals surface area contributed by atoms with E-state index in [0.717, 1.165) is 5.69 Å². The summed E-state index contributed by atoms with van der Waals surface area (Å²) in [5.41, 5.74) is 1.72. The van der Waals surface area contributed by atoms with Crippen molar-refractivity contribution in [2.75, 3.05) is 7.11 Å². The number of ether oxygens (including phenoxy) is 1. The first-order valence-corrected chi connectivity index (χ1v) is 6.59. The van der Waals surface area contributed by atoms with Crippen molar-refractivity contribution in [3.63, 3.8) is 0 Å². The highest BCUT2D eigenvalue weighted by Crippen LogP contribution is 2.28. The van der Waals surface area contributed by atoms with Crippen molar-refractivity contribution in [2.45, 2.75) is 0 Å². The number of methoxy groups -OCH3 is 1. The van der Waals surface area contributed by atoms with Crippen molar-refractivity contribution in [1.29, 1.82) is 0 Å². The summed E-state index contributed by atoms with van der Waals surface area (Å²) >= 11 is 0. The molecule has 1 N–H and O–H groups in total. The molecule has 0 fully saturated rings. The molecule has 0 aliphatic rings. The molecule has 6 heteroatoms. The van der Waals surface area contributed by atoms with E-state index in [2.05, 4.69) is 10.3 Å². The van der Waals surface area contributed by atoms with Crippen LogP contribution in [0.25, 0.3) is 16.9 Å². The number of carboxylic acid groups (broad SMARTS) is 1. The molecule has 0 saturated carbocycles. The second kappa shape index (κ2) is 5.69. The van der Waals surface area contributed by atoms with E-state index in [-0.39, 0.29) is 5.69 Å². The molecule has 0 unspecified atom stereocenters. The van der Waals surface area contributed by atoms with Crippen LogP contribution >= 0.6 is 0 Å². The van der Waals surface area contributed by atoms with Gasteiger partial charge >= 0.3 is 5.97 Å². The van der Waals surface area contributed by atoms with Crippen LogP contribution in [-0.4, -0.2) is 33.2 Å². The third-order valence-electron chi connectivity index (χ3n) is 3.22. The zero-order valence-corrected chi connectivity index (χ0v) is 11.8. The first kappa shape index (κ1) is 13.8. The average molecular weight is 295 g/mol. The van der Waals surface area contributed by atoms with E-state index in [1.54, 1.807) is 31.4 Å². The molecule has 0 spiro atoms. The standard InChI is InChI=1S/C16H13N3O3/c1-22-13-9-5-6-11(10-13)15-14(16(20)21)17-18-19(15)12-7-3-2-4-8-12/h2-10H,1H3,(H,20,21). The number of rotatable bonds is 4. The maximum Gasteiger partial charge on any atom is 0.358 e. The van der Waals surface area contributed by atoms with E-state index in [4.69, 9.17) is 4.74 Å². The van der Waals surface area contributed by atoms with Gasteiger partial charge < -0.3 is 9.84 Å². The number of para-hydroxylation sites is 1. The molecule has 22 heavy (non-hydrogen) atoms. The summed E-state index contributed by atoms with van der Waals surface area (Å²) in [5, 5.41) is 17.1. The highest BCUT2D eigenvalue weighted by Gasteiger charge is 2.21. The number of aromatic carboxylic acids is 1. The summed E-state index contributed by atoms with van der Waals surface area (Å²) in [6.45, 7) is 0. The molecule has 6 nitrogen and oxygen atoms in total. The second-order valence-corrected chi connectivity index (χ2v) is 4.57. The summed E-state index contributed by atoms with van der Waals surface area (Å²) in [4.78, 5) is 11.4. The summed E-state index contributed by atoms with van der Waals surface area (Å²) < 4.78 is 6.71. The minimum absolute atomic E-state index is 0.0999. The predicted octanol–water partition coefficient (Wildman–Crippen LogP) is 2.64. The van der Waals surface area contributed by atoms with Crippen molar-refractivity contribution >= 4 is 5.97 Å². The zero-order valence-electron chi connectivity index (χ0n) is 11.8. The molecule has 0 saturated heterocycles. The second-order valence-electron chi connectivity index (χ2n) is 4.57. The topological polar surface area (TPSA) is 77.2 Å². The molecule has 110 valence electrons. The van der Waals surface area contributed by atoms with Crippen LogP contribution in [0.15, 0.2) is 54.6 Å². The lowest BCUT2D eigenvalue weighted by Crippen LogP contribution is -2.03. The Bertz CT molecular complexity index is 813. The largest absolute Gasteiger partial charge is 0.497 e. The normalized spacial score (nSPS) is 10.4. The Kier molecular flexibility index (Phi) is 3.57. The number of benzene rings is 2. The molecule has 1 aromatic heterocycles. The van der Waals surface area contributed by atoms with Crippen LogP contribution in [0.3, 0.4) is 0 Å². The molecule has 0 atom stereocenters. The van der Waals surface area contributed by atoms with Crippen LogP contribution in [0.4, 0.5) is 0 Å². The molecule has 0 aliphatic heterocycles. The third-order valence-corrected chi connectivity index (χ3v) is 3.22. The maximum atomic E-state index is 11.4. The van der Waals surface area contributed by atoms with Gasteiger partial charge in [0.1, 0.15) is 11.4 Å². The van der Waals surface area contributed by atoms with Gasteiger partial charge in [0.05, 0.1) is 12.8 Å². The van der Waals surface area contributed by atoms with Gasteiger partial charge in [-0.1, -0.05) is 35.5 Å². The number of carbonyl (C=O) groups is 1. The number of carboxylic acids is 1. The molecule has 3 rings (SSSR count). The minimum atomic E-state index is -1.12. The summed E-state index contributed by atoms with van der Waals surface area (Å²) in [6, 6.07) is 16.4. The quantitative estimate of drug-likeness (QED) is 0.800. The minimum Gasteiger partial charge on any atom is -0.497 e. The Labute approximate surface area is 126 Å². The Hall–Kier alpha value is -3.15. The number of aromatic nitrogens is 3. The fourth-order valence-corrected chi connectivity index (χ4v) is 2.21. The summed E-state index contributed by atoms with van der Waals surface area (Å²) in [6.07, 6.45) is 0. The summed E-state index contributed by atoms with van der Waals surface area (Å²) in [5.74, 6) is -0.491. The van der Waals surface area contributed by atoms with Gasteiger partial charge in [-0.05, 0) is 24.3 Å². The Morgan fingerprint density at radius 1 is 1.14 bits per heavy atom. The van der Waals surface area contributed by atoms with Crippen molar-refractivity contribution in [2.24, 2.45) is 0 Å². The van der Waals surface area contributed by atoms with Gasteiger partial charge in [0.2, 0.25) is 0 Å². The lowest BCUT2D eigenvalue weighted by Gasteiger charge is -2.08. The molecule has 0 bridgehead atoms. The van der Waals surface area contributed by atoms with Crippen molar-refractivity contribution < 1.29 is 14.6 Å². The maximum absolute atomic E-state index is 11.4. The molecule has 2 aromatic carbocycles. The van der Waals surface area contributed by atoms with Gasteiger partial charge in [0, 0.05) is 5.56 Å². The first-order chi connectivity index (χ1) is 10.7. The number of hydrogen-bond acceptors (Lipinski definition) is 4. The van der Waals surface area contributed by atoms with Crippen LogP contribution in [0.2, 0.25) is 0 Å². The first-order valence-electron chi connectivity index (χ1n) is 6.59. The fraction of sp³-hybridized carbons (Fsp3) is 0.0625. The van der Waals surface area contributed by atoms with Gasteiger partial charge in [0.25, 0.3) is 0 Å². The van der Waals surface area contributed by atoms with Crippen molar-refractivity contribution in [3.8, 4) is 22.7 Å². The molecular weight excluding hydrogens is 282 g/mol. The molecule has 1 heterocycles. The number of hydrogen-bond donors (Lipinski definition) is 1. The lowest BCUT2D eigenvalue weighted by atomic mass is 10.1. The van der Waals surface area contributed by atoms with Gasteiger partial charge in [-0.2, -0.15) is 0 Å². The Balaban J connectivity index is 2.23. The monoisotopic (exact) mass is 295 g/mol. The van der Waals surface area contributed by atoms with Crippen molar-refractivity contribution in [1.82, 2.24) is 15.0 Å². The fourth-order valence-electron chi connectivity index (χ4n) is 2.21. The van der Waals surface area contributed by atoms with Gasteiger partial charge in [0.15, 0.2) is 5.69 Å². The molecule has 0 radical (unpaired) electrons. The molecule has 0 aliphatic carbocycles. The van der Waals surface area contributed by atoms with E-state index in [1.807, 2.05) is 30.3 Å². The van der Waals surface area contributed by atoms with E-state index in [1.165, 1.54) is 4.68 Å². The molecule has 0 amide bonds. The van der Waals surface area contributed by atoms with Crippen molar-refractivity contribution in [3.05, 3.63) is 60.3 Å². The highest BCUT2D eigenvalue weighted by atomic mass is 16.5. The number of nitrogens with zero attached hydrogens (tertiary/aromatic N) is 3. The van der Waals surface area contributed by atoms with E-state index < -0.39 is 5.97 Å². The zero-order chi connectivity index (χ0) is 15.5. The highest BCUT2D eigenvalue weighted by molar-refractivity contribution is 5.93. The third kappa shape index (κ3) is 2.42. The van der Waals surface area contributed by atoms with Crippen LogP contribution in [-0.2, 0) is 0 Å². The van der Waals surface area contributed by atoms with Gasteiger partial charge in [-0.25, -0.2) is 9.48 Å². The molecular formula is C16H13N3O3. The lowest BCUT2D eigenvalue weighted by molar-refractivity contribution is 0.0691. The van der Waals surface area contributed by atoms with Crippen LogP contribution in [0.5, 0.6) is 5.75 Å². The summed E-state index contributed by atoms with van der Waals surface area (Å²) in [7, 11) is 1.56. The van der Waals surface area contributed by atoms with Gasteiger partial charge in [-0.3, -0.25) is 0 Å².